The molecule has 2 aromatic carbocycles. The molecule has 1 aromatic heterocycles. The average molecular weight is 350 g/mol. The molecule has 24 heavy (non-hydrogen) atoms. The van der Waals surface area contributed by atoms with E-state index in [9.17, 15) is 18.4 Å². The standard InChI is InChI=1S/C17H10ClF2NO3/c1-24-17(23)12-8-21(10-4-2-9(19)3-5-10)15-7-13(18)14(20)6-11(15)16(12)22/h2-8H,1H3. The van der Waals surface area contributed by atoms with E-state index in [1.165, 1.54) is 41.1 Å². The minimum atomic E-state index is -0.854. The molecule has 0 aliphatic carbocycles. The Balaban J connectivity index is 2.44. The minimum absolute atomic E-state index is 0.0378. The lowest BCUT2D eigenvalue weighted by Gasteiger charge is -2.13. The maximum atomic E-state index is 13.8. The summed E-state index contributed by atoms with van der Waals surface area (Å²) in [6.45, 7) is 0. The van der Waals surface area contributed by atoms with Gasteiger partial charge in [0.25, 0.3) is 0 Å². The van der Waals surface area contributed by atoms with Crippen LogP contribution in [0.25, 0.3) is 16.6 Å². The molecule has 0 saturated heterocycles. The lowest BCUT2D eigenvalue weighted by atomic mass is 10.1. The molecule has 0 N–H and O–H groups in total. The van der Waals surface area contributed by atoms with Crippen molar-refractivity contribution < 1.29 is 18.3 Å². The monoisotopic (exact) mass is 349 g/mol. The van der Waals surface area contributed by atoms with Gasteiger partial charge in [-0.1, -0.05) is 11.6 Å². The number of methoxy groups -OCH3 is 1. The molecule has 0 radical (unpaired) electrons. The van der Waals surface area contributed by atoms with Crippen LogP contribution in [-0.4, -0.2) is 17.6 Å². The van der Waals surface area contributed by atoms with Crippen LogP contribution in [0.5, 0.6) is 0 Å². The molecular weight excluding hydrogens is 340 g/mol. The van der Waals surface area contributed by atoms with Crippen LogP contribution < -0.4 is 5.43 Å². The van der Waals surface area contributed by atoms with E-state index in [0.29, 0.717) is 5.69 Å². The summed E-state index contributed by atoms with van der Waals surface area (Å²) >= 11 is 5.81. The van der Waals surface area contributed by atoms with Crippen LogP contribution in [0.15, 0.2) is 47.4 Å². The van der Waals surface area contributed by atoms with Crippen LogP contribution in [0, 0.1) is 11.6 Å². The van der Waals surface area contributed by atoms with Gasteiger partial charge in [0, 0.05) is 17.3 Å². The van der Waals surface area contributed by atoms with E-state index in [4.69, 9.17) is 11.6 Å². The van der Waals surface area contributed by atoms with Gasteiger partial charge in [-0.15, -0.1) is 0 Å². The number of halogens is 3. The van der Waals surface area contributed by atoms with Crippen LogP contribution >= 0.6 is 11.6 Å². The summed E-state index contributed by atoms with van der Waals surface area (Å²) in [5.41, 5.74) is -0.193. The molecule has 0 aliphatic heterocycles. The van der Waals surface area contributed by atoms with Gasteiger partial charge in [-0.2, -0.15) is 0 Å². The number of carbonyl (C=O) groups excluding carboxylic acids is 1. The zero-order valence-corrected chi connectivity index (χ0v) is 13.1. The lowest BCUT2D eigenvalue weighted by Crippen LogP contribution is -2.20. The number of hydrogen-bond donors (Lipinski definition) is 0. The Bertz CT molecular complexity index is 1010. The molecule has 0 saturated carbocycles. The molecule has 7 heteroatoms. The Morgan fingerprint density at radius 1 is 1.17 bits per heavy atom. The van der Waals surface area contributed by atoms with Gasteiger partial charge >= 0.3 is 5.97 Å². The quantitative estimate of drug-likeness (QED) is 0.663. The number of ether oxygens (including phenoxy) is 1. The zero-order chi connectivity index (χ0) is 17.4. The van der Waals surface area contributed by atoms with Gasteiger partial charge in [-0.25, -0.2) is 13.6 Å². The van der Waals surface area contributed by atoms with Crippen LogP contribution in [0.3, 0.4) is 0 Å². The molecule has 4 nitrogen and oxygen atoms in total. The van der Waals surface area contributed by atoms with E-state index in [0.717, 1.165) is 13.2 Å². The van der Waals surface area contributed by atoms with Crippen LogP contribution in [0.2, 0.25) is 5.02 Å². The molecule has 0 amide bonds. The molecule has 0 fully saturated rings. The summed E-state index contributed by atoms with van der Waals surface area (Å²) < 4.78 is 33.0. The molecule has 3 rings (SSSR count). The van der Waals surface area contributed by atoms with Crippen molar-refractivity contribution in [3.8, 4) is 5.69 Å². The molecule has 0 unspecified atom stereocenters. The summed E-state index contributed by atoms with van der Waals surface area (Å²) in [7, 11) is 1.14. The van der Waals surface area contributed by atoms with E-state index in [1.54, 1.807) is 0 Å². The van der Waals surface area contributed by atoms with Gasteiger partial charge in [0.05, 0.1) is 17.6 Å². The SMILES string of the molecule is COC(=O)c1cn(-c2ccc(F)cc2)c2cc(Cl)c(F)cc2c1=O. The summed E-state index contributed by atoms with van der Waals surface area (Å²) in [5.74, 6) is -2.08. The highest BCUT2D eigenvalue weighted by Crippen LogP contribution is 2.24. The Labute approximate surface area is 139 Å². The maximum Gasteiger partial charge on any atom is 0.343 e. The van der Waals surface area contributed by atoms with Gasteiger partial charge in [-0.3, -0.25) is 4.79 Å². The van der Waals surface area contributed by atoms with Gasteiger partial charge in [0.15, 0.2) is 0 Å². The molecule has 0 aliphatic rings. The average Bonchev–Trinajstić information content (AvgIpc) is 2.57. The third-order valence-electron chi connectivity index (χ3n) is 3.56. The maximum absolute atomic E-state index is 13.8. The topological polar surface area (TPSA) is 48.3 Å². The normalized spacial score (nSPS) is 10.8. The first kappa shape index (κ1) is 16.1. The molecule has 1 heterocycles. The number of carbonyl (C=O) groups is 1. The highest BCUT2D eigenvalue weighted by molar-refractivity contribution is 6.31. The van der Waals surface area contributed by atoms with Gasteiger partial charge in [-0.05, 0) is 36.4 Å². The second-order valence-electron chi connectivity index (χ2n) is 4.99. The van der Waals surface area contributed by atoms with Crippen molar-refractivity contribution in [2.75, 3.05) is 7.11 Å². The highest BCUT2D eigenvalue weighted by atomic mass is 35.5. The number of rotatable bonds is 2. The molecule has 0 bridgehead atoms. The third-order valence-corrected chi connectivity index (χ3v) is 3.85. The molecular formula is C17H10ClF2NO3. The number of benzene rings is 2. The smallest absolute Gasteiger partial charge is 0.343 e. The molecule has 3 aromatic rings. The van der Waals surface area contributed by atoms with Crippen molar-refractivity contribution in [3.05, 3.63) is 75.0 Å². The minimum Gasteiger partial charge on any atom is -0.465 e. The fraction of sp³-hybridized carbons (Fsp3) is 0.0588. The van der Waals surface area contributed by atoms with Gasteiger partial charge in [0.1, 0.15) is 17.2 Å². The summed E-state index contributed by atoms with van der Waals surface area (Å²) in [4.78, 5) is 24.3. The zero-order valence-electron chi connectivity index (χ0n) is 12.3. The first-order valence-electron chi connectivity index (χ1n) is 6.81. The Morgan fingerprint density at radius 3 is 2.46 bits per heavy atom. The number of hydrogen-bond acceptors (Lipinski definition) is 3. The molecule has 0 spiro atoms. The predicted molar refractivity (Wildman–Crippen MR) is 85.8 cm³/mol. The van der Waals surface area contributed by atoms with E-state index in [-0.39, 0.29) is 21.5 Å². The summed E-state index contributed by atoms with van der Waals surface area (Å²) in [6.07, 6.45) is 1.26. The Morgan fingerprint density at radius 2 is 1.83 bits per heavy atom. The van der Waals surface area contributed by atoms with Crippen molar-refractivity contribution >= 4 is 28.5 Å². The summed E-state index contributed by atoms with van der Waals surface area (Å²) in [5, 5.41) is -0.215. The van der Waals surface area contributed by atoms with Crippen molar-refractivity contribution in [2.24, 2.45) is 0 Å². The third kappa shape index (κ3) is 2.65. The first-order chi connectivity index (χ1) is 11.4. The van der Waals surface area contributed by atoms with Gasteiger partial charge in [0.2, 0.25) is 5.43 Å². The second-order valence-corrected chi connectivity index (χ2v) is 5.40. The van der Waals surface area contributed by atoms with Crippen LogP contribution in [0.1, 0.15) is 10.4 Å². The van der Waals surface area contributed by atoms with Crippen molar-refractivity contribution in [1.29, 1.82) is 0 Å². The number of nitrogens with zero attached hydrogens (tertiary/aromatic N) is 1. The lowest BCUT2D eigenvalue weighted by molar-refractivity contribution is 0.0599. The van der Waals surface area contributed by atoms with E-state index in [2.05, 4.69) is 4.74 Å². The number of esters is 1. The fourth-order valence-corrected chi connectivity index (χ4v) is 2.55. The van der Waals surface area contributed by atoms with E-state index >= 15 is 0 Å². The number of fused-ring (bicyclic) bond motifs is 1. The number of pyridine rings is 1. The molecule has 0 atom stereocenters. The Hall–Kier alpha value is -2.73. The highest BCUT2D eigenvalue weighted by Gasteiger charge is 2.18. The van der Waals surface area contributed by atoms with E-state index in [1.807, 2.05) is 0 Å². The first-order valence-corrected chi connectivity index (χ1v) is 7.19. The van der Waals surface area contributed by atoms with Crippen LogP contribution in [-0.2, 0) is 4.74 Å². The van der Waals surface area contributed by atoms with E-state index < -0.39 is 23.0 Å². The fourth-order valence-electron chi connectivity index (χ4n) is 2.39. The van der Waals surface area contributed by atoms with Crippen molar-refractivity contribution in [3.63, 3.8) is 0 Å². The predicted octanol–water partition coefficient (Wildman–Crippen LogP) is 3.71. The summed E-state index contributed by atoms with van der Waals surface area (Å²) in [6, 6.07) is 7.60. The van der Waals surface area contributed by atoms with Crippen LogP contribution in [0.4, 0.5) is 8.78 Å². The molecule has 122 valence electrons. The van der Waals surface area contributed by atoms with Gasteiger partial charge < -0.3 is 9.30 Å². The second kappa shape index (κ2) is 6.05. The Kier molecular flexibility index (Phi) is 4.07. The largest absolute Gasteiger partial charge is 0.465 e. The number of aromatic nitrogens is 1. The van der Waals surface area contributed by atoms with Crippen molar-refractivity contribution in [1.82, 2.24) is 4.57 Å². The van der Waals surface area contributed by atoms with Crippen molar-refractivity contribution in [2.45, 2.75) is 0 Å².